The van der Waals surface area contributed by atoms with E-state index in [4.69, 9.17) is 10.5 Å². The van der Waals surface area contributed by atoms with E-state index < -0.39 is 0 Å². The van der Waals surface area contributed by atoms with Crippen molar-refractivity contribution in [2.24, 2.45) is 5.73 Å². The summed E-state index contributed by atoms with van der Waals surface area (Å²) in [4.78, 5) is 0. The third kappa shape index (κ3) is 3.69. The summed E-state index contributed by atoms with van der Waals surface area (Å²) in [6.45, 7) is 2.82. The van der Waals surface area contributed by atoms with Gasteiger partial charge in [-0.2, -0.15) is 0 Å². The van der Waals surface area contributed by atoms with Gasteiger partial charge in [0.1, 0.15) is 0 Å². The van der Waals surface area contributed by atoms with Crippen molar-refractivity contribution < 1.29 is 4.74 Å². The van der Waals surface area contributed by atoms with E-state index in [1.165, 1.54) is 11.1 Å². The molecule has 0 aliphatic rings. The summed E-state index contributed by atoms with van der Waals surface area (Å²) in [6, 6.07) is 14.6. The molecule has 2 nitrogen and oxygen atoms in total. The van der Waals surface area contributed by atoms with E-state index in [2.05, 4.69) is 65.3 Å². The molecule has 0 spiro atoms. The van der Waals surface area contributed by atoms with Gasteiger partial charge < -0.3 is 10.5 Å². The Morgan fingerprint density at radius 1 is 1.10 bits per heavy atom. The highest BCUT2D eigenvalue weighted by molar-refractivity contribution is 9.10. The fourth-order valence-electron chi connectivity index (χ4n) is 2.11. The molecule has 0 fully saturated rings. The van der Waals surface area contributed by atoms with Gasteiger partial charge in [-0.3, -0.25) is 0 Å². The van der Waals surface area contributed by atoms with Crippen LogP contribution in [0.25, 0.3) is 0 Å². The van der Waals surface area contributed by atoms with Crippen LogP contribution in [-0.4, -0.2) is 13.7 Å². The quantitative estimate of drug-likeness (QED) is 0.897. The standard InChI is InChI=1S/C17H20BrNO/c1-12-3-6-15(11-16(12)18)17(19)14-7-4-13(5-8-14)9-10-20-2/h3-8,11,17H,9-10,19H2,1-2H3. The van der Waals surface area contributed by atoms with Gasteiger partial charge in [0.25, 0.3) is 0 Å². The highest BCUT2D eigenvalue weighted by Crippen LogP contribution is 2.25. The first-order valence-corrected chi connectivity index (χ1v) is 7.50. The van der Waals surface area contributed by atoms with E-state index >= 15 is 0 Å². The minimum absolute atomic E-state index is 0.0941. The van der Waals surface area contributed by atoms with Gasteiger partial charge in [-0.1, -0.05) is 52.3 Å². The van der Waals surface area contributed by atoms with E-state index in [0.29, 0.717) is 0 Å². The highest BCUT2D eigenvalue weighted by atomic mass is 79.9. The number of hydrogen-bond acceptors (Lipinski definition) is 2. The van der Waals surface area contributed by atoms with Crippen LogP contribution in [0.4, 0.5) is 0 Å². The number of benzene rings is 2. The molecule has 2 aromatic rings. The normalized spacial score (nSPS) is 12.4. The Morgan fingerprint density at radius 3 is 2.35 bits per heavy atom. The van der Waals surface area contributed by atoms with Gasteiger partial charge in [0.05, 0.1) is 12.6 Å². The number of halogens is 1. The predicted octanol–water partition coefficient (Wildman–Crippen LogP) is 3.99. The van der Waals surface area contributed by atoms with Crippen LogP contribution >= 0.6 is 15.9 Å². The van der Waals surface area contributed by atoms with Crippen molar-refractivity contribution in [1.29, 1.82) is 0 Å². The first-order chi connectivity index (χ1) is 9.61. The Hall–Kier alpha value is -1.16. The average Bonchev–Trinajstić information content (AvgIpc) is 2.48. The maximum Gasteiger partial charge on any atom is 0.0552 e. The van der Waals surface area contributed by atoms with E-state index in [1.807, 2.05) is 0 Å². The molecule has 20 heavy (non-hydrogen) atoms. The second-order valence-corrected chi connectivity index (χ2v) is 5.83. The number of nitrogens with two attached hydrogens (primary N) is 1. The second kappa shape index (κ2) is 7.02. The number of hydrogen-bond donors (Lipinski definition) is 1. The van der Waals surface area contributed by atoms with Crippen molar-refractivity contribution >= 4 is 15.9 Å². The van der Waals surface area contributed by atoms with Crippen LogP contribution in [0.1, 0.15) is 28.3 Å². The Balaban J connectivity index is 2.15. The summed E-state index contributed by atoms with van der Waals surface area (Å²) >= 11 is 3.56. The van der Waals surface area contributed by atoms with Crippen molar-refractivity contribution in [3.8, 4) is 0 Å². The molecule has 1 unspecified atom stereocenters. The minimum Gasteiger partial charge on any atom is -0.384 e. The van der Waals surface area contributed by atoms with Crippen molar-refractivity contribution in [3.63, 3.8) is 0 Å². The van der Waals surface area contributed by atoms with E-state index in [0.717, 1.165) is 28.6 Å². The number of methoxy groups -OCH3 is 1. The van der Waals surface area contributed by atoms with Crippen LogP contribution in [0, 0.1) is 6.92 Å². The fourth-order valence-corrected chi connectivity index (χ4v) is 2.50. The Bertz CT molecular complexity index is 566. The zero-order valence-corrected chi connectivity index (χ0v) is 13.5. The van der Waals surface area contributed by atoms with E-state index in [9.17, 15) is 0 Å². The monoisotopic (exact) mass is 333 g/mol. The fraction of sp³-hybridized carbons (Fsp3) is 0.294. The van der Waals surface area contributed by atoms with Crippen LogP contribution in [0.15, 0.2) is 46.9 Å². The van der Waals surface area contributed by atoms with Crippen LogP contribution < -0.4 is 5.73 Å². The predicted molar refractivity (Wildman–Crippen MR) is 86.9 cm³/mol. The number of aryl methyl sites for hydroxylation is 1. The molecule has 0 aliphatic carbocycles. The zero-order chi connectivity index (χ0) is 14.5. The van der Waals surface area contributed by atoms with Gasteiger partial charge in [0.2, 0.25) is 0 Å². The minimum atomic E-state index is -0.0941. The summed E-state index contributed by atoms with van der Waals surface area (Å²) in [7, 11) is 1.72. The summed E-state index contributed by atoms with van der Waals surface area (Å²) in [6.07, 6.45) is 0.933. The Morgan fingerprint density at radius 2 is 1.75 bits per heavy atom. The van der Waals surface area contributed by atoms with Crippen molar-refractivity contribution in [2.45, 2.75) is 19.4 Å². The van der Waals surface area contributed by atoms with Gasteiger partial charge in [-0.15, -0.1) is 0 Å². The Labute approximate surface area is 129 Å². The summed E-state index contributed by atoms with van der Waals surface area (Å²) in [5, 5.41) is 0. The van der Waals surface area contributed by atoms with Crippen LogP contribution in [-0.2, 0) is 11.2 Å². The molecule has 0 amide bonds. The van der Waals surface area contributed by atoms with E-state index in [1.54, 1.807) is 7.11 Å². The Kier molecular flexibility index (Phi) is 5.35. The van der Waals surface area contributed by atoms with Crippen molar-refractivity contribution in [2.75, 3.05) is 13.7 Å². The number of ether oxygens (including phenoxy) is 1. The topological polar surface area (TPSA) is 35.2 Å². The molecule has 0 aromatic heterocycles. The van der Waals surface area contributed by atoms with Gasteiger partial charge in [0.15, 0.2) is 0 Å². The first-order valence-electron chi connectivity index (χ1n) is 6.71. The highest BCUT2D eigenvalue weighted by Gasteiger charge is 2.10. The van der Waals surface area contributed by atoms with E-state index in [-0.39, 0.29) is 6.04 Å². The first kappa shape index (κ1) is 15.2. The third-order valence-corrected chi connectivity index (χ3v) is 4.34. The van der Waals surface area contributed by atoms with Crippen molar-refractivity contribution in [1.82, 2.24) is 0 Å². The molecule has 2 aromatic carbocycles. The molecule has 2 rings (SSSR count). The van der Waals surface area contributed by atoms with Crippen LogP contribution in [0.3, 0.4) is 0 Å². The SMILES string of the molecule is COCCc1ccc(C(N)c2ccc(C)c(Br)c2)cc1. The van der Waals surface area contributed by atoms with Crippen LogP contribution in [0.2, 0.25) is 0 Å². The lowest BCUT2D eigenvalue weighted by atomic mass is 9.97. The summed E-state index contributed by atoms with van der Waals surface area (Å²) < 4.78 is 6.19. The molecule has 2 N–H and O–H groups in total. The maximum absolute atomic E-state index is 6.34. The molecular weight excluding hydrogens is 314 g/mol. The molecule has 0 radical (unpaired) electrons. The summed E-state index contributed by atoms with van der Waals surface area (Å²) in [5.41, 5.74) is 11.1. The molecular formula is C17H20BrNO. The lowest BCUT2D eigenvalue weighted by Crippen LogP contribution is -2.12. The van der Waals surface area contributed by atoms with Crippen LogP contribution in [0.5, 0.6) is 0 Å². The average molecular weight is 334 g/mol. The van der Waals surface area contributed by atoms with Crippen molar-refractivity contribution in [3.05, 3.63) is 69.2 Å². The molecule has 0 saturated heterocycles. The van der Waals surface area contributed by atoms with Gasteiger partial charge in [-0.25, -0.2) is 0 Å². The lowest BCUT2D eigenvalue weighted by molar-refractivity contribution is 0.202. The van der Waals surface area contributed by atoms with Gasteiger partial charge in [0, 0.05) is 11.6 Å². The molecule has 1 atom stereocenters. The second-order valence-electron chi connectivity index (χ2n) is 4.97. The zero-order valence-electron chi connectivity index (χ0n) is 11.9. The lowest BCUT2D eigenvalue weighted by Gasteiger charge is -2.14. The molecule has 0 heterocycles. The smallest absolute Gasteiger partial charge is 0.0552 e. The largest absolute Gasteiger partial charge is 0.384 e. The maximum atomic E-state index is 6.34. The molecule has 0 bridgehead atoms. The number of rotatable bonds is 5. The van der Waals surface area contributed by atoms with Gasteiger partial charge in [-0.05, 0) is 41.7 Å². The van der Waals surface area contributed by atoms with Gasteiger partial charge >= 0.3 is 0 Å². The summed E-state index contributed by atoms with van der Waals surface area (Å²) in [5.74, 6) is 0. The molecule has 0 saturated carbocycles. The molecule has 0 aliphatic heterocycles. The molecule has 106 valence electrons. The molecule has 3 heteroatoms. The third-order valence-electron chi connectivity index (χ3n) is 3.49.